The van der Waals surface area contributed by atoms with Gasteiger partial charge in [0.05, 0.1) is 17.1 Å². The maximum atomic E-state index is 11.7. The SMILES string of the molecule is C=CCOC(=O)N1CCC(c2nc(CC(=O)O)cs2)CC1. The molecule has 1 amide bonds. The molecule has 0 aliphatic carbocycles. The summed E-state index contributed by atoms with van der Waals surface area (Å²) in [6.45, 7) is 5.00. The van der Waals surface area contributed by atoms with E-state index >= 15 is 0 Å². The van der Waals surface area contributed by atoms with Crippen LogP contribution >= 0.6 is 11.3 Å². The lowest BCUT2D eigenvalue weighted by molar-refractivity contribution is -0.136. The quantitative estimate of drug-likeness (QED) is 0.844. The number of thiazole rings is 1. The van der Waals surface area contributed by atoms with Crippen molar-refractivity contribution in [1.29, 1.82) is 0 Å². The summed E-state index contributed by atoms with van der Waals surface area (Å²) in [4.78, 5) is 28.4. The van der Waals surface area contributed by atoms with Gasteiger partial charge in [-0.05, 0) is 12.8 Å². The van der Waals surface area contributed by atoms with E-state index in [1.54, 1.807) is 16.4 Å². The number of carbonyl (C=O) groups is 2. The molecule has 1 aliphatic rings. The first kappa shape index (κ1) is 15.5. The maximum absolute atomic E-state index is 11.7. The van der Waals surface area contributed by atoms with Gasteiger partial charge in [-0.25, -0.2) is 9.78 Å². The van der Waals surface area contributed by atoms with Gasteiger partial charge in [-0.15, -0.1) is 11.3 Å². The molecule has 0 spiro atoms. The van der Waals surface area contributed by atoms with Crippen LogP contribution in [0.4, 0.5) is 4.79 Å². The third-order valence-electron chi connectivity index (χ3n) is 3.33. The number of amides is 1. The molecule has 1 saturated heterocycles. The average molecular weight is 310 g/mol. The molecule has 1 aromatic rings. The van der Waals surface area contributed by atoms with Gasteiger partial charge in [-0.3, -0.25) is 4.79 Å². The lowest BCUT2D eigenvalue weighted by atomic mass is 9.98. The van der Waals surface area contributed by atoms with Crippen molar-refractivity contribution in [2.75, 3.05) is 19.7 Å². The molecule has 7 heteroatoms. The summed E-state index contributed by atoms with van der Waals surface area (Å²) < 4.78 is 5.01. The Bertz CT molecular complexity index is 521. The van der Waals surface area contributed by atoms with E-state index in [1.165, 1.54) is 11.3 Å². The highest BCUT2D eigenvalue weighted by molar-refractivity contribution is 7.09. The molecule has 6 nitrogen and oxygen atoms in total. The van der Waals surface area contributed by atoms with Gasteiger partial charge in [0, 0.05) is 24.4 Å². The molecule has 21 heavy (non-hydrogen) atoms. The first-order chi connectivity index (χ1) is 10.1. The number of carboxylic acids is 1. The molecule has 0 unspecified atom stereocenters. The second-order valence-electron chi connectivity index (χ2n) is 4.87. The van der Waals surface area contributed by atoms with Crippen molar-refractivity contribution in [2.24, 2.45) is 0 Å². The molecule has 114 valence electrons. The normalized spacial score (nSPS) is 15.7. The third-order valence-corrected chi connectivity index (χ3v) is 4.38. The Morgan fingerprint density at radius 1 is 1.52 bits per heavy atom. The van der Waals surface area contributed by atoms with Crippen LogP contribution < -0.4 is 0 Å². The molecule has 0 saturated carbocycles. The van der Waals surface area contributed by atoms with E-state index in [1.807, 2.05) is 0 Å². The Morgan fingerprint density at radius 2 is 2.24 bits per heavy atom. The van der Waals surface area contributed by atoms with E-state index in [2.05, 4.69) is 11.6 Å². The largest absolute Gasteiger partial charge is 0.481 e. The van der Waals surface area contributed by atoms with Crippen LogP contribution in [0.15, 0.2) is 18.0 Å². The number of hydrogen-bond donors (Lipinski definition) is 1. The molecule has 2 rings (SSSR count). The smallest absolute Gasteiger partial charge is 0.410 e. The average Bonchev–Trinajstić information content (AvgIpc) is 2.92. The molecule has 1 aliphatic heterocycles. The van der Waals surface area contributed by atoms with Gasteiger partial charge in [0.15, 0.2) is 0 Å². The molecule has 1 N–H and O–H groups in total. The molecule has 0 aromatic carbocycles. The van der Waals surface area contributed by atoms with E-state index in [0.717, 1.165) is 17.8 Å². The summed E-state index contributed by atoms with van der Waals surface area (Å²) in [6.07, 6.45) is 2.85. The maximum Gasteiger partial charge on any atom is 0.410 e. The fourth-order valence-corrected chi connectivity index (χ4v) is 3.27. The van der Waals surface area contributed by atoms with Crippen molar-refractivity contribution in [3.63, 3.8) is 0 Å². The fourth-order valence-electron chi connectivity index (χ4n) is 2.28. The minimum absolute atomic E-state index is 0.0385. The number of likely N-dealkylation sites (tertiary alicyclic amines) is 1. The number of carboxylic acid groups (broad SMARTS) is 1. The number of rotatable bonds is 5. The van der Waals surface area contributed by atoms with Crippen LogP contribution in [-0.4, -0.2) is 46.7 Å². The van der Waals surface area contributed by atoms with Gasteiger partial charge >= 0.3 is 12.1 Å². The zero-order chi connectivity index (χ0) is 15.2. The molecular formula is C14H18N2O4S. The summed E-state index contributed by atoms with van der Waals surface area (Å²) in [5.41, 5.74) is 0.607. The minimum Gasteiger partial charge on any atom is -0.481 e. The van der Waals surface area contributed by atoms with E-state index in [4.69, 9.17) is 9.84 Å². The third kappa shape index (κ3) is 4.29. The number of carbonyl (C=O) groups excluding carboxylic acids is 1. The predicted octanol–water partition coefficient (Wildman–Crippen LogP) is 2.27. The van der Waals surface area contributed by atoms with E-state index < -0.39 is 5.97 Å². The Labute approximate surface area is 127 Å². The summed E-state index contributed by atoms with van der Waals surface area (Å²) in [5.74, 6) is -0.576. The number of nitrogens with zero attached hydrogens (tertiary/aromatic N) is 2. The number of aliphatic carboxylic acids is 1. The Balaban J connectivity index is 1.86. The van der Waals surface area contributed by atoms with Crippen molar-refractivity contribution in [2.45, 2.75) is 25.2 Å². The van der Waals surface area contributed by atoms with Crippen molar-refractivity contribution in [3.05, 3.63) is 28.7 Å². The number of aromatic nitrogens is 1. The molecule has 0 bridgehead atoms. The van der Waals surface area contributed by atoms with Crippen LogP contribution in [0.2, 0.25) is 0 Å². The highest BCUT2D eigenvalue weighted by atomic mass is 32.1. The van der Waals surface area contributed by atoms with Crippen LogP contribution in [0.3, 0.4) is 0 Å². The van der Waals surface area contributed by atoms with Gasteiger partial charge in [0.25, 0.3) is 0 Å². The predicted molar refractivity (Wildman–Crippen MR) is 78.5 cm³/mol. The van der Waals surface area contributed by atoms with E-state index in [-0.39, 0.29) is 19.1 Å². The second-order valence-corrected chi connectivity index (χ2v) is 5.76. The number of hydrogen-bond acceptors (Lipinski definition) is 5. The summed E-state index contributed by atoms with van der Waals surface area (Å²) in [7, 11) is 0. The van der Waals surface area contributed by atoms with Gasteiger partial charge in [0.2, 0.25) is 0 Å². The molecule has 0 radical (unpaired) electrons. The standard InChI is InChI=1S/C14H18N2O4S/c1-2-7-20-14(19)16-5-3-10(4-6-16)13-15-11(9-21-13)8-12(17)18/h2,9-10H,1,3-8H2,(H,17,18). The van der Waals surface area contributed by atoms with Gasteiger partial charge in [0.1, 0.15) is 6.61 Å². The summed E-state index contributed by atoms with van der Waals surface area (Å²) in [5, 5.41) is 11.5. The highest BCUT2D eigenvalue weighted by Crippen LogP contribution is 2.30. The second kappa shape index (κ2) is 7.21. The Morgan fingerprint density at radius 3 is 2.86 bits per heavy atom. The van der Waals surface area contributed by atoms with Crippen molar-refractivity contribution >= 4 is 23.4 Å². The van der Waals surface area contributed by atoms with Crippen molar-refractivity contribution in [3.8, 4) is 0 Å². The molecule has 0 atom stereocenters. The minimum atomic E-state index is -0.869. The first-order valence-corrected chi connectivity index (χ1v) is 7.66. The van der Waals surface area contributed by atoms with Crippen molar-refractivity contribution in [1.82, 2.24) is 9.88 Å². The van der Waals surface area contributed by atoms with Crippen LogP contribution in [0.1, 0.15) is 29.5 Å². The molecular weight excluding hydrogens is 292 g/mol. The van der Waals surface area contributed by atoms with Crippen molar-refractivity contribution < 1.29 is 19.4 Å². The van der Waals surface area contributed by atoms with E-state index in [0.29, 0.717) is 24.7 Å². The summed E-state index contributed by atoms with van der Waals surface area (Å²) >= 11 is 1.50. The van der Waals surface area contributed by atoms with Crippen LogP contribution in [0.5, 0.6) is 0 Å². The number of ether oxygens (including phenoxy) is 1. The highest BCUT2D eigenvalue weighted by Gasteiger charge is 2.26. The fraction of sp³-hybridized carbons (Fsp3) is 0.500. The lowest BCUT2D eigenvalue weighted by Gasteiger charge is -2.30. The van der Waals surface area contributed by atoms with Crippen LogP contribution in [-0.2, 0) is 16.0 Å². The van der Waals surface area contributed by atoms with Gasteiger partial charge < -0.3 is 14.7 Å². The number of piperidine rings is 1. The lowest BCUT2D eigenvalue weighted by Crippen LogP contribution is -2.38. The zero-order valence-corrected chi connectivity index (χ0v) is 12.5. The van der Waals surface area contributed by atoms with Gasteiger partial charge in [-0.1, -0.05) is 12.7 Å². The van der Waals surface area contributed by atoms with Crippen LogP contribution in [0, 0.1) is 0 Å². The Hall–Kier alpha value is -1.89. The monoisotopic (exact) mass is 310 g/mol. The topological polar surface area (TPSA) is 79.7 Å². The first-order valence-electron chi connectivity index (χ1n) is 6.79. The molecule has 1 fully saturated rings. The Kier molecular flexibility index (Phi) is 5.32. The molecule has 2 heterocycles. The van der Waals surface area contributed by atoms with Crippen LogP contribution in [0.25, 0.3) is 0 Å². The van der Waals surface area contributed by atoms with E-state index in [9.17, 15) is 9.59 Å². The summed E-state index contributed by atoms with van der Waals surface area (Å²) in [6, 6.07) is 0. The zero-order valence-electron chi connectivity index (χ0n) is 11.7. The van der Waals surface area contributed by atoms with Gasteiger partial charge in [-0.2, -0.15) is 0 Å². The molecule has 1 aromatic heterocycles.